The van der Waals surface area contributed by atoms with Gasteiger partial charge in [0, 0.05) is 24.7 Å². The van der Waals surface area contributed by atoms with Crippen LogP contribution in [0.5, 0.6) is 0 Å². The van der Waals surface area contributed by atoms with Crippen LogP contribution < -0.4 is 5.73 Å². The minimum Gasteiger partial charge on any atom is -0.329 e. The Morgan fingerprint density at radius 3 is 2.72 bits per heavy atom. The van der Waals surface area contributed by atoms with E-state index >= 15 is 0 Å². The van der Waals surface area contributed by atoms with Gasteiger partial charge in [0.15, 0.2) is 0 Å². The Morgan fingerprint density at radius 2 is 2.00 bits per heavy atom. The third-order valence-electron chi connectivity index (χ3n) is 5.96. The number of hydrogen-bond acceptors (Lipinski definition) is 3. The van der Waals surface area contributed by atoms with E-state index in [-0.39, 0.29) is 0 Å². The fraction of sp³-hybridized carbons (Fsp3) is 1.00. The Balaban J connectivity index is 1.82. The summed E-state index contributed by atoms with van der Waals surface area (Å²) in [6.45, 7) is 10.9. The Morgan fingerprint density at radius 1 is 1.17 bits per heavy atom. The lowest BCUT2D eigenvalue weighted by atomic mass is 9.74. The molecule has 0 aromatic carbocycles. The van der Waals surface area contributed by atoms with Crippen LogP contribution >= 0.6 is 0 Å². The van der Waals surface area contributed by atoms with Crippen LogP contribution in [0.2, 0.25) is 0 Å². The van der Waals surface area contributed by atoms with Gasteiger partial charge in [-0.1, -0.05) is 6.92 Å². The average molecular weight is 251 g/mol. The van der Waals surface area contributed by atoms with Crippen molar-refractivity contribution in [3.63, 3.8) is 0 Å². The molecule has 2 bridgehead atoms. The van der Waals surface area contributed by atoms with Crippen LogP contribution in [0.25, 0.3) is 0 Å². The second-order valence-electron chi connectivity index (χ2n) is 7.02. The first-order valence-electron chi connectivity index (χ1n) is 7.85. The maximum atomic E-state index is 6.29. The minimum absolute atomic E-state index is 0.326. The number of nitrogens with zero attached hydrogens (tertiary/aromatic N) is 2. The summed E-state index contributed by atoms with van der Waals surface area (Å²) in [5.74, 6) is 1.72. The molecule has 5 unspecified atom stereocenters. The zero-order valence-electron chi connectivity index (χ0n) is 12.1. The van der Waals surface area contributed by atoms with Gasteiger partial charge in [0.25, 0.3) is 0 Å². The predicted molar refractivity (Wildman–Crippen MR) is 75.5 cm³/mol. The van der Waals surface area contributed by atoms with E-state index in [0.717, 1.165) is 24.4 Å². The number of piperidine rings is 2. The SMILES string of the molecule is CC1CCN(C2(CN)CCN3CCC2C3)C(C)C1. The van der Waals surface area contributed by atoms with Gasteiger partial charge < -0.3 is 10.6 Å². The fourth-order valence-electron chi connectivity index (χ4n) is 4.86. The molecule has 3 fully saturated rings. The molecule has 0 saturated carbocycles. The molecule has 3 nitrogen and oxygen atoms in total. The molecule has 2 N–H and O–H groups in total. The van der Waals surface area contributed by atoms with Crippen LogP contribution in [0.4, 0.5) is 0 Å². The molecule has 0 radical (unpaired) electrons. The topological polar surface area (TPSA) is 32.5 Å². The van der Waals surface area contributed by atoms with E-state index in [4.69, 9.17) is 5.73 Å². The van der Waals surface area contributed by atoms with E-state index in [1.165, 1.54) is 51.9 Å². The van der Waals surface area contributed by atoms with Crippen molar-refractivity contribution in [3.8, 4) is 0 Å². The molecule has 0 aromatic rings. The van der Waals surface area contributed by atoms with E-state index < -0.39 is 0 Å². The van der Waals surface area contributed by atoms with Gasteiger partial charge in [-0.3, -0.25) is 4.90 Å². The van der Waals surface area contributed by atoms with E-state index in [9.17, 15) is 0 Å². The number of fused-ring (bicyclic) bond motifs is 2. The number of likely N-dealkylation sites (tertiary alicyclic amines) is 1. The fourth-order valence-corrected chi connectivity index (χ4v) is 4.86. The highest BCUT2D eigenvalue weighted by Gasteiger charge is 2.50. The quantitative estimate of drug-likeness (QED) is 0.808. The summed E-state index contributed by atoms with van der Waals surface area (Å²) < 4.78 is 0. The van der Waals surface area contributed by atoms with Crippen molar-refractivity contribution in [2.24, 2.45) is 17.6 Å². The largest absolute Gasteiger partial charge is 0.329 e. The van der Waals surface area contributed by atoms with Crippen LogP contribution in [0.3, 0.4) is 0 Å². The number of rotatable bonds is 2. The lowest BCUT2D eigenvalue weighted by Gasteiger charge is -2.54. The molecule has 3 aliphatic heterocycles. The molecule has 3 heterocycles. The molecular formula is C15H29N3. The second-order valence-corrected chi connectivity index (χ2v) is 7.02. The van der Waals surface area contributed by atoms with Gasteiger partial charge >= 0.3 is 0 Å². The van der Waals surface area contributed by atoms with Crippen LogP contribution in [-0.4, -0.2) is 54.1 Å². The third kappa shape index (κ3) is 1.91. The molecule has 0 aliphatic carbocycles. The Labute approximate surface area is 112 Å². The molecule has 18 heavy (non-hydrogen) atoms. The maximum absolute atomic E-state index is 6.29. The van der Waals surface area contributed by atoms with Gasteiger partial charge in [-0.25, -0.2) is 0 Å². The molecular weight excluding hydrogens is 222 g/mol. The summed E-state index contributed by atoms with van der Waals surface area (Å²) in [5.41, 5.74) is 6.62. The molecule has 0 spiro atoms. The first-order valence-corrected chi connectivity index (χ1v) is 7.85. The number of nitrogens with two attached hydrogens (primary N) is 1. The summed E-state index contributed by atoms with van der Waals surface area (Å²) in [6.07, 6.45) is 5.39. The zero-order valence-corrected chi connectivity index (χ0v) is 12.1. The maximum Gasteiger partial charge on any atom is 0.0387 e. The predicted octanol–water partition coefficient (Wildman–Crippen LogP) is 1.53. The van der Waals surface area contributed by atoms with Crippen molar-refractivity contribution in [2.45, 2.75) is 51.1 Å². The second kappa shape index (κ2) is 4.77. The van der Waals surface area contributed by atoms with Gasteiger partial charge in [0.2, 0.25) is 0 Å². The lowest BCUT2D eigenvalue weighted by molar-refractivity contribution is -0.0418. The van der Waals surface area contributed by atoms with Gasteiger partial charge in [0.1, 0.15) is 0 Å². The summed E-state index contributed by atoms with van der Waals surface area (Å²) in [4.78, 5) is 5.44. The van der Waals surface area contributed by atoms with E-state index in [2.05, 4.69) is 23.6 Å². The van der Waals surface area contributed by atoms with Crippen molar-refractivity contribution in [1.82, 2.24) is 9.80 Å². The minimum atomic E-state index is 0.326. The highest BCUT2D eigenvalue weighted by Crippen LogP contribution is 2.42. The van der Waals surface area contributed by atoms with E-state index in [1.54, 1.807) is 0 Å². The monoisotopic (exact) mass is 251 g/mol. The van der Waals surface area contributed by atoms with Crippen molar-refractivity contribution >= 4 is 0 Å². The lowest BCUT2D eigenvalue weighted by Crippen LogP contribution is -2.65. The molecule has 104 valence electrons. The summed E-state index contributed by atoms with van der Waals surface area (Å²) in [6, 6.07) is 0.726. The smallest absolute Gasteiger partial charge is 0.0387 e. The van der Waals surface area contributed by atoms with Crippen LogP contribution in [0.15, 0.2) is 0 Å². The van der Waals surface area contributed by atoms with Crippen LogP contribution in [-0.2, 0) is 0 Å². The third-order valence-corrected chi connectivity index (χ3v) is 5.96. The van der Waals surface area contributed by atoms with Gasteiger partial charge in [-0.2, -0.15) is 0 Å². The Kier molecular flexibility index (Phi) is 3.41. The first-order chi connectivity index (χ1) is 8.65. The van der Waals surface area contributed by atoms with E-state index in [1.807, 2.05) is 0 Å². The van der Waals surface area contributed by atoms with Crippen LogP contribution in [0, 0.1) is 11.8 Å². The zero-order chi connectivity index (χ0) is 12.8. The molecule has 3 rings (SSSR count). The molecule has 5 atom stereocenters. The van der Waals surface area contributed by atoms with Crippen molar-refractivity contribution < 1.29 is 0 Å². The molecule has 3 heteroatoms. The highest BCUT2D eigenvalue weighted by atomic mass is 15.3. The van der Waals surface area contributed by atoms with Crippen molar-refractivity contribution in [2.75, 3.05) is 32.7 Å². The molecule has 0 amide bonds. The van der Waals surface area contributed by atoms with Crippen LogP contribution in [0.1, 0.15) is 39.5 Å². The Bertz CT molecular complexity index is 306. The van der Waals surface area contributed by atoms with Crippen molar-refractivity contribution in [1.29, 1.82) is 0 Å². The van der Waals surface area contributed by atoms with E-state index in [0.29, 0.717) is 5.54 Å². The highest BCUT2D eigenvalue weighted by molar-refractivity contribution is 5.07. The number of hydrogen-bond donors (Lipinski definition) is 1. The average Bonchev–Trinajstić information content (AvgIpc) is 2.76. The summed E-state index contributed by atoms with van der Waals surface area (Å²) >= 11 is 0. The Hall–Kier alpha value is -0.120. The molecule has 0 aromatic heterocycles. The molecule has 3 saturated heterocycles. The standard InChI is InChI=1S/C15H29N3/c1-12-3-7-18(13(2)9-12)15(11-16)5-8-17-6-4-14(15)10-17/h12-14H,3-11,16H2,1-2H3. The van der Waals surface area contributed by atoms with Crippen molar-refractivity contribution in [3.05, 3.63) is 0 Å². The van der Waals surface area contributed by atoms with Gasteiger partial charge in [0.05, 0.1) is 0 Å². The first kappa shape index (κ1) is 12.9. The van der Waals surface area contributed by atoms with Gasteiger partial charge in [-0.15, -0.1) is 0 Å². The molecule has 3 aliphatic rings. The summed E-state index contributed by atoms with van der Waals surface area (Å²) in [5, 5.41) is 0. The van der Waals surface area contributed by atoms with Gasteiger partial charge in [-0.05, 0) is 64.1 Å². The summed E-state index contributed by atoms with van der Waals surface area (Å²) in [7, 11) is 0. The normalized spacial score (nSPS) is 49.5.